The number of aryl methyl sites for hydroxylation is 1. The molecule has 6 nitrogen and oxygen atoms in total. The van der Waals surface area contributed by atoms with Crippen LogP contribution in [0.25, 0.3) is 0 Å². The third-order valence-corrected chi connectivity index (χ3v) is 7.30. The monoisotopic (exact) mass is 490 g/mol. The van der Waals surface area contributed by atoms with Gasteiger partial charge in [0.1, 0.15) is 11.5 Å². The van der Waals surface area contributed by atoms with Crippen LogP contribution in [0.15, 0.2) is 51.2 Å². The number of aliphatic hydroxyl groups is 1. The molecule has 1 aromatic carbocycles. The van der Waals surface area contributed by atoms with Crippen molar-refractivity contribution in [3.8, 4) is 0 Å². The highest BCUT2D eigenvalue weighted by molar-refractivity contribution is 6.24. The molecule has 0 spiro atoms. The number of ketones is 2. The summed E-state index contributed by atoms with van der Waals surface area (Å²) >= 11 is 0. The van der Waals surface area contributed by atoms with Crippen LogP contribution < -0.4 is 0 Å². The van der Waals surface area contributed by atoms with Crippen LogP contribution in [0.2, 0.25) is 0 Å². The topological polar surface area (TPSA) is 92.8 Å². The molecule has 1 unspecified atom stereocenters. The molecule has 1 heterocycles. The van der Waals surface area contributed by atoms with Crippen LogP contribution in [0.1, 0.15) is 105 Å². The van der Waals surface area contributed by atoms with Crippen LogP contribution >= 0.6 is 0 Å². The molecule has 2 aliphatic carbocycles. The van der Waals surface area contributed by atoms with Gasteiger partial charge in [0.25, 0.3) is 0 Å². The SMILES string of the molecule is CCCCCCN=C1CC(c2ccccc2)CC(=O)C1=C(O)CCc1noc2c1C(=O)CC(C)(C)C2. The van der Waals surface area contributed by atoms with Crippen molar-refractivity contribution in [2.24, 2.45) is 10.4 Å². The van der Waals surface area contributed by atoms with Crippen LogP contribution in [0.3, 0.4) is 0 Å². The average Bonchev–Trinajstić information content (AvgIpc) is 3.24. The molecule has 0 aliphatic heterocycles. The maximum Gasteiger partial charge on any atom is 0.168 e. The predicted octanol–water partition coefficient (Wildman–Crippen LogP) is 6.74. The Morgan fingerprint density at radius 2 is 1.86 bits per heavy atom. The minimum atomic E-state index is -0.142. The molecule has 1 aromatic heterocycles. The lowest BCUT2D eigenvalue weighted by Gasteiger charge is -2.27. The lowest BCUT2D eigenvalue weighted by atomic mass is 9.76. The Kier molecular flexibility index (Phi) is 8.22. The number of nitrogens with zero attached hydrogens (tertiary/aromatic N) is 2. The predicted molar refractivity (Wildman–Crippen MR) is 141 cm³/mol. The Morgan fingerprint density at radius 1 is 1.08 bits per heavy atom. The summed E-state index contributed by atoms with van der Waals surface area (Å²) < 4.78 is 5.50. The van der Waals surface area contributed by atoms with E-state index in [-0.39, 0.29) is 35.1 Å². The number of benzene rings is 1. The smallest absolute Gasteiger partial charge is 0.168 e. The molecule has 0 saturated heterocycles. The van der Waals surface area contributed by atoms with Gasteiger partial charge in [-0.25, -0.2) is 0 Å². The molecule has 36 heavy (non-hydrogen) atoms. The van der Waals surface area contributed by atoms with E-state index in [4.69, 9.17) is 9.52 Å². The van der Waals surface area contributed by atoms with Gasteiger partial charge in [0.2, 0.25) is 0 Å². The standard InChI is InChI=1S/C30H38N2O4/c1-4-5-6-10-15-31-23-16-21(20-11-8-7-9-12-20)17-25(34)28(23)24(33)14-13-22-29-26(35)18-30(2,3)19-27(29)36-32-22/h7-9,11-12,21,33H,4-6,10,13-19H2,1-3H3. The fraction of sp³-hybridized carbons (Fsp3) is 0.533. The first-order chi connectivity index (χ1) is 17.3. The number of Topliss-reactive ketones (excluding diaryl/α,β-unsaturated/α-hetero) is 2. The number of aliphatic imine (C=N–C) groups is 1. The van der Waals surface area contributed by atoms with Crippen LogP contribution in [-0.2, 0) is 17.6 Å². The van der Waals surface area contributed by atoms with Gasteiger partial charge >= 0.3 is 0 Å². The molecule has 1 atom stereocenters. The number of carbonyl (C=O) groups excluding carboxylic acids is 2. The van der Waals surface area contributed by atoms with E-state index in [1.807, 2.05) is 32.0 Å². The van der Waals surface area contributed by atoms with Gasteiger partial charge in [0.05, 0.1) is 16.8 Å². The molecule has 1 N–H and O–H groups in total. The number of unbranched alkanes of at least 4 members (excludes halogenated alkanes) is 3. The van der Waals surface area contributed by atoms with E-state index in [1.165, 1.54) is 6.42 Å². The molecule has 2 aliphatic rings. The van der Waals surface area contributed by atoms with Gasteiger partial charge in [-0.05, 0) is 29.7 Å². The van der Waals surface area contributed by atoms with Gasteiger partial charge in [-0.3, -0.25) is 14.6 Å². The maximum absolute atomic E-state index is 13.3. The Hall–Kier alpha value is -3.02. The first kappa shape index (κ1) is 26.1. The normalized spacial score (nSPS) is 22.1. The Bertz CT molecular complexity index is 1160. The number of fused-ring (bicyclic) bond motifs is 1. The van der Waals surface area contributed by atoms with Gasteiger partial charge in [0.15, 0.2) is 11.6 Å². The molecule has 0 radical (unpaired) electrons. The average molecular weight is 491 g/mol. The van der Waals surface area contributed by atoms with E-state index in [0.717, 1.165) is 24.8 Å². The molecule has 1 saturated carbocycles. The summed E-state index contributed by atoms with van der Waals surface area (Å²) in [5.41, 5.74) is 3.18. The summed E-state index contributed by atoms with van der Waals surface area (Å²) in [4.78, 5) is 30.9. The second-order valence-electron chi connectivity index (χ2n) is 11.0. The Labute approximate surface area is 213 Å². The molecule has 0 bridgehead atoms. The second kappa shape index (κ2) is 11.4. The van der Waals surface area contributed by atoms with Crippen molar-refractivity contribution in [1.29, 1.82) is 0 Å². The molecule has 192 valence electrons. The van der Waals surface area contributed by atoms with Crippen molar-refractivity contribution >= 4 is 17.3 Å². The van der Waals surface area contributed by atoms with E-state index in [2.05, 4.69) is 24.2 Å². The quantitative estimate of drug-likeness (QED) is 0.239. The highest BCUT2D eigenvalue weighted by Gasteiger charge is 2.37. The summed E-state index contributed by atoms with van der Waals surface area (Å²) in [5, 5.41) is 15.3. The van der Waals surface area contributed by atoms with Crippen LogP contribution in [0.5, 0.6) is 0 Å². The first-order valence-electron chi connectivity index (χ1n) is 13.3. The van der Waals surface area contributed by atoms with Gasteiger partial charge in [-0.1, -0.05) is 75.5 Å². The zero-order chi connectivity index (χ0) is 25.7. The van der Waals surface area contributed by atoms with Crippen LogP contribution in [0.4, 0.5) is 0 Å². The maximum atomic E-state index is 13.3. The highest BCUT2D eigenvalue weighted by atomic mass is 16.5. The third-order valence-electron chi connectivity index (χ3n) is 7.30. The lowest BCUT2D eigenvalue weighted by Crippen LogP contribution is -2.27. The van der Waals surface area contributed by atoms with Crippen LogP contribution in [0, 0.1) is 5.41 Å². The van der Waals surface area contributed by atoms with Crippen molar-refractivity contribution in [1.82, 2.24) is 5.16 Å². The lowest BCUT2D eigenvalue weighted by molar-refractivity contribution is -0.116. The van der Waals surface area contributed by atoms with Crippen molar-refractivity contribution in [2.75, 3.05) is 6.54 Å². The number of hydrogen-bond donors (Lipinski definition) is 1. The minimum absolute atomic E-state index is 0.0402. The zero-order valence-electron chi connectivity index (χ0n) is 21.8. The number of aliphatic hydroxyl groups excluding tert-OH is 1. The number of allylic oxidation sites excluding steroid dienone is 2. The molecular weight excluding hydrogens is 452 g/mol. The molecule has 4 rings (SSSR count). The van der Waals surface area contributed by atoms with E-state index in [0.29, 0.717) is 67.0 Å². The molecule has 1 fully saturated rings. The van der Waals surface area contributed by atoms with Crippen molar-refractivity contribution in [2.45, 2.75) is 90.9 Å². The zero-order valence-corrected chi connectivity index (χ0v) is 21.8. The third kappa shape index (κ3) is 6.03. The van der Waals surface area contributed by atoms with E-state index in [9.17, 15) is 14.7 Å². The van der Waals surface area contributed by atoms with Crippen LogP contribution in [-0.4, -0.2) is 34.1 Å². The minimum Gasteiger partial charge on any atom is -0.511 e. The van der Waals surface area contributed by atoms with Gasteiger partial charge < -0.3 is 9.63 Å². The summed E-state index contributed by atoms with van der Waals surface area (Å²) in [6.45, 7) is 6.93. The summed E-state index contributed by atoms with van der Waals surface area (Å²) in [6, 6.07) is 10.1. The number of aromatic nitrogens is 1. The second-order valence-corrected chi connectivity index (χ2v) is 11.0. The largest absolute Gasteiger partial charge is 0.511 e. The molecule has 0 amide bonds. The van der Waals surface area contributed by atoms with E-state index in [1.54, 1.807) is 0 Å². The molecule has 2 aromatic rings. The fourth-order valence-electron chi connectivity index (χ4n) is 5.43. The van der Waals surface area contributed by atoms with Crippen molar-refractivity contribution in [3.63, 3.8) is 0 Å². The van der Waals surface area contributed by atoms with Gasteiger partial charge in [-0.15, -0.1) is 0 Å². The summed E-state index contributed by atoms with van der Waals surface area (Å²) in [5.74, 6) is 0.706. The highest BCUT2D eigenvalue weighted by Crippen LogP contribution is 2.37. The van der Waals surface area contributed by atoms with E-state index < -0.39 is 0 Å². The molecular formula is C30H38N2O4. The first-order valence-corrected chi connectivity index (χ1v) is 13.3. The van der Waals surface area contributed by atoms with E-state index >= 15 is 0 Å². The van der Waals surface area contributed by atoms with Crippen molar-refractivity contribution < 1.29 is 19.2 Å². The van der Waals surface area contributed by atoms with Gasteiger partial charge in [0, 0.05) is 44.4 Å². The fourth-order valence-corrected chi connectivity index (χ4v) is 5.43. The number of carbonyl (C=O) groups is 2. The van der Waals surface area contributed by atoms with Crippen molar-refractivity contribution in [3.05, 3.63) is 64.2 Å². The number of rotatable bonds is 9. The number of hydrogen-bond acceptors (Lipinski definition) is 6. The Balaban J connectivity index is 1.54. The van der Waals surface area contributed by atoms with Gasteiger partial charge in [-0.2, -0.15) is 0 Å². The summed E-state index contributed by atoms with van der Waals surface area (Å²) in [7, 11) is 0. The summed E-state index contributed by atoms with van der Waals surface area (Å²) in [6.07, 6.45) is 7.08. The molecule has 6 heteroatoms. The Morgan fingerprint density at radius 3 is 2.61 bits per heavy atom.